The molecule has 2 aromatic carbocycles. The van der Waals surface area contributed by atoms with Crippen molar-refractivity contribution in [2.24, 2.45) is 0 Å². The molecule has 32 heavy (non-hydrogen) atoms. The van der Waals surface area contributed by atoms with Crippen LogP contribution in [0.2, 0.25) is 0 Å². The zero-order chi connectivity index (χ0) is 23.0. The summed E-state index contributed by atoms with van der Waals surface area (Å²) in [5.41, 5.74) is 2.17. The van der Waals surface area contributed by atoms with Gasteiger partial charge in [0.25, 0.3) is 0 Å². The minimum absolute atomic E-state index is 0.247. The molecule has 0 unspecified atom stereocenters. The molecule has 0 aliphatic heterocycles. The molecular formula is C26H32O6. The van der Waals surface area contributed by atoms with Crippen LogP contribution in [0.1, 0.15) is 50.7 Å². The maximum atomic E-state index is 10.7. The smallest absolute Gasteiger partial charge is 0.302 e. The lowest BCUT2D eigenvalue weighted by Crippen LogP contribution is -2.03. The van der Waals surface area contributed by atoms with E-state index >= 15 is 0 Å². The monoisotopic (exact) mass is 440 g/mol. The zero-order valence-electron chi connectivity index (χ0n) is 18.9. The summed E-state index contributed by atoms with van der Waals surface area (Å²) in [6, 6.07) is 15.8. The highest BCUT2D eigenvalue weighted by Crippen LogP contribution is 2.17. The highest BCUT2D eigenvalue weighted by atomic mass is 16.5. The Morgan fingerprint density at radius 1 is 0.594 bits per heavy atom. The number of carbonyl (C=O) groups is 2. The van der Waals surface area contributed by atoms with E-state index in [0.717, 1.165) is 48.3 Å². The van der Waals surface area contributed by atoms with E-state index in [0.29, 0.717) is 26.4 Å². The van der Waals surface area contributed by atoms with Gasteiger partial charge < -0.3 is 18.9 Å². The highest BCUT2D eigenvalue weighted by molar-refractivity contribution is 5.70. The van der Waals surface area contributed by atoms with Crippen molar-refractivity contribution in [3.63, 3.8) is 0 Å². The number of rotatable bonds is 14. The van der Waals surface area contributed by atoms with E-state index in [1.165, 1.54) is 13.8 Å². The fourth-order valence-corrected chi connectivity index (χ4v) is 2.76. The summed E-state index contributed by atoms with van der Waals surface area (Å²) in [7, 11) is 0. The highest BCUT2D eigenvalue weighted by Gasteiger charge is 1.98. The Morgan fingerprint density at radius 2 is 0.938 bits per heavy atom. The summed E-state index contributed by atoms with van der Waals surface area (Å²) in [5.74, 6) is 1.15. The lowest BCUT2D eigenvalue weighted by atomic mass is 10.1. The third-order valence-corrected chi connectivity index (χ3v) is 4.45. The van der Waals surface area contributed by atoms with Crippen LogP contribution >= 0.6 is 0 Å². The maximum Gasteiger partial charge on any atom is 0.302 e. The van der Waals surface area contributed by atoms with Gasteiger partial charge in [0.2, 0.25) is 0 Å². The van der Waals surface area contributed by atoms with E-state index in [4.69, 9.17) is 18.9 Å². The van der Waals surface area contributed by atoms with Gasteiger partial charge in [0.1, 0.15) is 11.5 Å². The molecule has 0 atom stereocenters. The summed E-state index contributed by atoms with van der Waals surface area (Å²) in [6.07, 6.45) is 7.36. The zero-order valence-corrected chi connectivity index (χ0v) is 18.9. The second-order valence-corrected chi connectivity index (χ2v) is 7.26. The van der Waals surface area contributed by atoms with Gasteiger partial charge in [0.05, 0.1) is 26.4 Å². The Kier molecular flexibility index (Phi) is 11.5. The van der Waals surface area contributed by atoms with Gasteiger partial charge in [-0.1, -0.05) is 36.4 Å². The van der Waals surface area contributed by atoms with Crippen LogP contribution in [0.3, 0.4) is 0 Å². The van der Waals surface area contributed by atoms with Crippen LogP contribution in [-0.2, 0) is 19.1 Å². The largest absolute Gasteiger partial charge is 0.494 e. The number of esters is 2. The summed E-state index contributed by atoms with van der Waals surface area (Å²) in [5, 5.41) is 0. The second kappa shape index (κ2) is 14.7. The van der Waals surface area contributed by atoms with Gasteiger partial charge in [-0.25, -0.2) is 0 Å². The first kappa shape index (κ1) is 25.0. The average Bonchev–Trinajstić information content (AvgIpc) is 2.78. The summed E-state index contributed by atoms with van der Waals surface area (Å²) in [4.78, 5) is 21.4. The van der Waals surface area contributed by atoms with Crippen LogP contribution in [0.5, 0.6) is 11.5 Å². The molecule has 0 heterocycles. The maximum absolute atomic E-state index is 10.7. The number of carbonyl (C=O) groups excluding carboxylic acids is 2. The second-order valence-electron chi connectivity index (χ2n) is 7.26. The Balaban J connectivity index is 1.67. The first-order valence-corrected chi connectivity index (χ1v) is 10.9. The molecule has 6 heteroatoms. The van der Waals surface area contributed by atoms with Crippen LogP contribution in [-0.4, -0.2) is 38.4 Å². The SMILES string of the molecule is CC(=O)OCCCCOc1ccc(/C=C/c2ccc(OCCCCOC(C)=O)cc2)cc1. The molecule has 2 aromatic rings. The van der Waals surface area contributed by atoms with Crippen molar-refractivity contribution in [1.29, 1.82) is 0 Å². The summed E-state index contributed by atoms with van der Waals surface area (Å²) in [6.45, 7) is 4.89. The van der Waals surface area contributed by atoms with Crippen molar-refractivity contribution < 1.29 is 28.5 Å². The van der Waals surface area contributed by atoms with E-state index in [2.05, 4.69) is 0 Å². The normalized spacial score (nSPS) is 10.7. The molecule has 0 aliphatic rings. The van der Waals surface area contributed by atoms with Crippen LogP contribution < -0.4 is 9.47 Å². The molecule has 0 saturated carbocycles. The minimum atomic E-state index is -0.247. The van der Waals surface area contributed by atoms with Gasteiger partial charge in [-0.05, 0) is 61.1 Å². The van der Waals surface area contributed by atoms with Crippen LogP contribution in [0.25, 0.3) is 12.2 Å². The molecular weight excluding hydrogens is 408 g/mol. The minimum Gasteiger partial charge on any atom is -0.494 e. The van der Waals surface area contributed by atoms with Crippen molar-refractivity contribution in [3.8, 4) is 11.5 Å². The van der Waals surface area contributed by atoms with Crippen molar-refractivity contribution in [1.82, 2.24) is 0 Å². The van der Waals surface area contributed by atoms with Crippen LogP contribution in [0, 0.1) is 0 Å². The Labute approximate surface area is 190 Å². The van der Waals surface area contributed by atoms with E-state index in [9.17, 15) is 9.59 Å². The predicted octanol–water partition coefficient (Wildman–Crippen LogP) is 5.30. The van der Waals surface area contributed by atoms with Gasteiger partial charge in [-0.2, -0.15) is 0 Å². The lowest BCUT2D eigenvalue weighted by molar-refractivity contribution is -0.142. The predicted molar refractivity (Wildman–Crippen MR) is 125 cm³/mol. The van der Waals surface area contributed by atoms with Gasteiger partial charge in [-0.3, -0.25) is 9.59 Å². The number of hydrogen-bond donors (Lipinski definition) is 0. The molecule has 0 saturated heterocycles. The number of hydrogen-bond acceptors (Lipinski definition) is 6. The number of unbranched alkanes of at least 4 members (excludes halogenated alkanes) is 2. The number of benzene rings is 2. The average molecular weight is 441 g/mol. The molecule has 0 amide bonds. The van der Waals surface area contributed by atoms with Crippen molar-refractivity contribution in [2.75, 3.05) is 26.4 Å². The van der Waals surface area contributed by atoms with Gasteiger partial charge in [-0.15, -0.1) is 0 Å². The Hall–Kier alpha value is -3.28. The molecule has 0 aromatic heterocycles. The van der Waals surface area contributed by atoms with Crippen LogP contribution in [0.15, 0.2) is 48.5 Å². The molecule has 0 aliphatic carbocycles. The molecule has 0 bridgehead atoms. The number of ether oxygens (including phenoxy) is 4. The summed E-state index contributed by atoms with van der Waals surface area (Å²) < 4.78 is 21.2. The first-order chi connectivity index (χ1) is 15.5. The molecule has 0 N–H and O–H groups in total. The van der Waals surface area contributed by atoms with E-state index < -0.39 is 0 Å². The van der Waals surface area contributed by atoms with Gasteiger partial charge in [0, 0.05) is 13.8 Å². The first-order valence-electron chi connectivity index (χ1n) is 10.9. The van der Waals surface area contributed by atoms with E-state index in [1.807, 2.05) is 60.7 Å². The molecule has 172 valence electrons. The Morgan fingerprint density at radius 3 is 1.28 bits per heavy atom. The topological polar surface area (TPSA) is 71.1 Å². The molecule has 2 rings (SSSR count). The standard InChI is InChI=1S/C26H32O6/c1-21(27)29-17-3-5-19-31-25-13-9-23(10-14-25)7-8-24-11-15-26(16-12-24)32-20-6-4-18-30-22(2)28/h7-16H,3-6,17-20H2,1-2H3/b8-7+. The molecule has 0 radical (unpaired) electrons. The van der Waals surface area contributed by atoms with Gasteiger partial charge in [0.15, 0.2) is 0 Å². The summed E-state index contributed by atoms with van der Waals surface area (Å²) >= 11 is 0. The quantitative estimate of drug-likeness (QED) is 0.225. The third-order valence-electron chi connectivity index (χ3n) is 4.45. The van der Waals surface area contributed by atoms with E-state index in [-0.39, 0.29) is 11.9 Å². The molecule has 0 fully saturated rings. The van der Waals surface area contributed by atoms with Crippen LogP contribution in [0.4, 0.5) is 0 Å². The third kappa shape index (κ3) is 11.2. The fourth-order valence-electron chi connectivity index (χ4n) is 2.76. The van der Waals surface area contributed by atoms with E-state index in [1.54, 1.807) is 0 Å². The Bertz CT molecular complexity index is 768. The molecule has 0 spiro atoms. The fraction of sp³-hybridized carbons (Fsp3) is 0.385. The van der Waals surface area contributed by atoms with Gasteiger partial charge >= 0.3 is 11.9 Å². The van der Waals surface area contributed by atoms with Crippen molar-refractivity contribution >= 4 is 24.1 Å². The lowest BCUT2D eigenvalue weighted by Gasteiger charge is -2.07. The van der Waals surface area contributed by atoms with Crippen molar-refractivity contribution in [3.05, 3.63) is 59.7 Å². The molecule has 6 nitrogen and oxygen atoms in total. The van der Waals surface area contributed by atoms with Crippen molar-refractivity contribution in [2.45, 2.75) is 39.5 Å².